The van der Waals surface area contributed by atoms with E-state index in [2.05, 4.69) is 4.98 Å². The normalized spacial score (nSPS) is 19.4. The zero-order valence-corrected chi connectivity index (χ0v) is 17.7. The quantitative estimate of drug-likeness (QED) is 0.632. The molecule has 0 N–H and O–H groups in total. The van der Waals surface area contributed by atoms with E-state index in [1.54, 1.807) is 47.5 Å². The zero-order valence-electron chi connectivity index (χ0n) is 16.9. The van der Waals surface area contributed by atoms with E-state index in [1.807, 2.05) is 36.4 Å². The molecule has 1 fully saturated rings. The first-order chi connectivity index (χ1) is 15.1. The Bertz CT molecular complexity index is 1160. The predicted molar refractivity (Wildman–Crippen MR) is 116 cm³/mol. The van der Waals surface area contributed by atoms with Gasteiger partial charge in [0.2, 0.25) is 5.91 Å². The smallest absolute Gasteiger partial charge is 0.256 e. The second kappa shape index (κ2) is 7.39. The number of hydrogen-bond acceptors (Lipinski definition) is 4. The van der Waals surface area contributed by atoms with Crippen LogP contribution in [0.3, 0.4) is 0 Å². The molecular formula is C24H20ClN3O3. The predicted octanol–water partition coefficient (Wildman–Crippen LogP) is 3.49. The van der Waals surface area contributed by atoms with Crippen molar-refractivity contribution in [2.45, 2.75) is 12.1 Å². The second-order valence-corrected chi connectivity index (χ2v) is 8.06. The second-order valence-electron chi connectivity index (χ2n) is 7.63. The molecule has 0 bridgehead atoms. The first kappa shape index (κ1) is 19.6. The molecule has 1 atom stereocenters. The summed E-state index contributed by atoms with van der Waals surface area (Å²) in [5.41, 5.74) is 1.98. The largest absolute Gasteiger partial charge is 0.497 e. The lowest BCUT2D eigenvalue weighted by Crippen LogP contribution is -2.52. The van der Waals surface area contributed by atoms with Crippen molar-refractivity contribution in [1.82, 2.24) is 14.8 Å². The van der Waals surface area contributed by atoms with E-state index in [4.69, 9.17) is 16.3 Å². The van der Waals surface area contributed by atoms with Crippen LogP contribution in [0.4, 0.5) is 0 Å². The van der Waals surface area contributed by atoms with Crippen LogP contribution < -0.4 is 4.74 Å². The Kier molecular flexibility index (Phi) is 4.67. The Balaban J connectivity index is 1.61. The van der Waals surface area contributed by atoms with Gasteiger partial charge < -0.3 is 14.5 Å². The van der Waals surface area contributed by atoms with Gasteiger partial charge in [-0.15, -0.1) is 0 Å². The van der Waals surface area contributed by atoms with Gasteiger partial charge >= 0.3 is 0 Å². The summed E-state index contributed by atoms with van der Waals surface area (Å²) in [7, 11) is 1.61. The minimum Gasteiger partial charge on any atom is -0.497 e. The maximum Gasteiger partial charge on any atom is 0.256 e. The number of hydrogen-bond donors (Lipinski definition) is 0. The van der Waals surface area contributed by atoms with Gasteiger partial charge in [0.05, 0.1) is 19.1 Å². The lowest BCUT2D eigenvalue weighted by Gasteiger charge is -2.40. The molecule has 0 radical (unpaired) electrons. The Morgan fingerprint density at radius 2 is 1.84 bits per heavy atom. The van der Waals surface area contributed by atoms with Gasteiger partial charge in [-0.2, -0.15) is 0 Å². The summed E-state index contributed by atoms with van der Waals surface area (Å²) in [5, 5.41) is 0.594. The number of carbonyl (C=O) groups is 2. The molecule has 156 valence electrons. The van der Waals surface area contributed by atoms with E-state index in [1.165, 1.54) is 0 Å². The number of aromatic nitrogens is 1. The van der Waals surface area contributed by atoms with Crippen LogP contribution in [-0.4, -0.2) is 46.8 Å². The first-order valence-corrected chi connectivity index (χ1v) is 10.4. The molecule has 1 unspecified atom stereocenters. The highest BCUT2D eigenvalue weighted by Gasteiger charge is 2.59. The number of carbonyl (C=O) groups excluding carboxylic acids is 2. The minimum absolute atomic E-state index is 0.0629. The van der Waals surface area contributed by atoms with Crippen molar-refractivity contribution in [2.24, 2.45) is 0 Å². The summed E-state index contributed by atoms with van der Waals surface area (Å²) in [6.45, 7) is 0.891. The van der Waals surface area contributed by atoms with Gasteiger partial charge in [-0.1, -0.05) is 35.9 Å². The minimum atomic E-state index is -1.02. The summed E-state index contributed by atoms with van der Waals surface area (Å²) < 4.78 is 5.21. The van der Waals surface area contributed by atoms with Gasteiger partial charge in [0, 0.05) is 41.6 Å². The molecule has 3 aromatic rings. The fourth-order valence-electron chi connectivity index (χ4n) is 4.68. The van der Waals surface area contributed by atoms with E-state index in [0.717, 1.165) is 22.4 Å². The van der Waals surface area contributed by atoms with Crippen LogP contribution in [0.25, 0.3) is 0 Å². The summed E-state index contributed by atoms with van der Waals surface area (Å²) >= 11 is 6.14. The van der Waals surface area contributed by atoms with E-state index in [-0.39, 0.29) is 18.2 Å². The molecule has 6 nitrogen and oxygen atoms in total. The Morgan fingerprint density at radius 1 is 1.10 bits per heavy atom. The Morgan fingerprint density at radius 3 is 2.55 bits per heavy atom. The summed E-state index contributed by atoms with van der Waals surface area (Å²) in [6.07, 6.45) is 3.52. The summed E-state index contributed by atoms with van der Waals surface area (Å²) in [4.78, 5) is 34.7. The van der Waals surface area contributed by atoms with Crippen molar-refractivity contribution in [3.05, 3.63) is 94.3 Å². The fraction of sp³-hybridized carbons (Fsp3) is 0.208. The standard InChI is InChI=1S/C24H20ClN3O3/c1-31-19-8-2-16(3-9-19)14-22(29)27-12-13-28-23(30)20-10-11-26-15-21(20)24(27,28)17-4-6-18(25)7-5-17/h2-11,15H,12-14H2,1H3. The van der Waals surface area contributed by atoms with Crippen LogP contribution in [0.2, 0.25) is 5.02 Å². The highest BCUT2D eigenvalue weighted by Crippen LogP contribution is 2.49. The molecule has 1 saturated heterocycles. The lowest BCUT2D eigenvalue weighted by atomic mass is 9.90. The number of fused-ring (bicyclic) bond motifs is 3. The molecule has 0 spiro atoms. The third-order valence-electron chi connectivity index (χ3n) is 6.06. The van der Waals surface area contributed by atoms with Crippen molar-refractivity contribution in [3.8, 4) is 5.75 Å². The van der Waals surface area contributed by atoms with Crippen molar-refractivity contribution < 1.29 is 14.3 Å². The molecule has 5 rings (SSSR count). The molecule has 2 amide bonds. The average molecular weight is 434 g/mol. The molecule has 31 heavy (non-hydrogen) atoms. The van der Waals surface area contributed by atoms with E-state index in [0.29, 0.717) is 23.7 Å². The van der Waals surface area contributed by atoms with Crippen LogP contribution >= 0.6 is 11.6 Å². The van der Waals surface area contributed by atoms with E-state index < -0.39 is 5.66 Å². The number of nitrogens with zero attached hydrogens (tertiary/aromatic N) is 3. The zero-order chi connectivity index (χ0) is 21.6. The van der Waals surface area contributed by atoms with Crippen LogP contribution in [-0.2, 0) is 16.9 Å². The van der Waals surface area contributed by atoms with Crippen LogP contribution in [0.1, 0.15) is 27.0 Å². The van der Waals surface area contributed by atoms with E-state index in [9.17, 15) is 9.59 Å². The topological polar surface area (TPSA) is 62.7 Å². The van der Waals surface area contributed by atoms with Crippen LogP contribution in [0, 0.1) is 0 Å². The number of benzene rings is 2. The monoisotopic (exact) mass is 433 g/mol. The molecule has 0 saturated carbocycles. The lowest BCUT2D eigenvalue weighted by molar-refractivity contribution is -0.135. The highest BCUT2D eigenvalue weighted by molar-refractivity contribution is 6.30. The van der Waals surface area contributed by atoms with Crippen molar-refractivity contribution in [1.29, 1.82) is 0 Å². The molecule has 7 heteroatoms. The molecular weight excluding hydrogens is 414 g/mol. The number of ether oxygens (including phenoxy) is 1. The SMILES string of the molecule is COc1ccc(CC(=O)N2CCN3C(=O)c4ccncc4C23c2ccc(Cl)cc2)cc1. The number of pyridine rings is 1. The van der Waals surface area contributed by atoms with Crippen molar-refractivity contribution >= 4 is 23.4 Å². The maximum absolute atomic E-state index is 13.6. The maximum atomic E-state index is 13.6. The molecule has 3 heterocycles. The fourth-order valence-corrected chi connectivity index (χ4v) is 4.81. The van der Waals surface area contributed by atoms with Gasteiger partial charge in [0.15, 0.2) is 5.66 Å². The summed E-state index contributed by atoms with van der Waals surface area (Å²) in [5.74, 6) is 0.585. The summed E-state index contributed by atoms with van der Waals surface area (Å²) in [6, 6.07) is 16.5. The Labute approximate surface area is 185 Å². The van der Waals surface area contributed by atoms with Gasteiger partial charge in [0.1, 0.15) is 5.75 Å². The molecule has 1 aromatic heterocycles. The van der Waals surface area contributed by atoms with Gasteiger partial charge in [0.25, 0.3) is 5.91 Å². The number of rotatable bonds is 4. The van der Waals surface area contributed by atoms with Crippen molar-refractivity contribution in [3.63, 3.8) is 0 Å². The number of halogens is 1. The first-order valence-electron chi connectivity index (χ1n) is 10.0. The number of amides is 2. The third-order valence-corrected chi connectivity index (χ3v) is 6.31. The average Bonchev–Trinajstić information content (AvgIpc) is 3.31. The van der Waals surface area contributed by atoms with Gasteiger partial charge in [-0.3, -0.25) is 14.6 Å². The molecule has 2 aliphatic rings. The third kappa shape index (κ3) is 2.90. The van der Waals surface area contributed by atoms with Crippen LogP contribution in [0.15, 0.2) is 67.0 Å². The Hall–Kier alpha value is -3.38. The molecule has 2 aromatic carbocycles. The molecule has 0 aliphatic carbocycles. The molecule has 2 aliphatic heterocycles. The van der Waals surface area contributed by atoms with Gasteiger partial charge in [-0.05, 0) is 35.9 Å². The van der Waals surface area contributed by atoms with Crippen molar-refractivity contribution in [2.75, 3.05) is 20.2 Å². The highest BCUT2D eigenvalue weighted by atomic mass is 35.5. The number of methoxy groups -OCH3 is 1. The van der Waals surface area contributed by atoms with E-state index >= 15 is 0 Å². The van der Waals surface area contributed by atoms with Crippen LogP contribution in [0.5, 0.6) is 5.75 Å². The van der Waals surface area contributed by atoms with Gasteiger partial charge in [-0.25, -0.2) is 0 Å².